The number of fused-ring (bicyclic) bond motifs is 1. The molecule has 0 aliphatic carbocycles. The molecule has 7 aromatic carbocycles. The summed E-state index contributed by atoms with van der Waals surface area (Å²) in [5.41, 5.74) is 16.0. The van der Waals surface area contributed by atoms with Crippen molar-refractivity contribution >= 4 is 11.0 Å². The van der Waals surface area contributed by atoms with Crippen LogP contribution in [0, 0.1) is 6.85 Å². The molecule has 0 spiro atoms. The highest BCUT2D eigenvalue weighted by molar-refractivity contribution is 5.97. The van der Waals surface area contributed by atoms with Crippen LogP contribution >= 0.6 is 0 Å². The van der Waals surface area contributed by atoms with Crippen LogP contribution in [0.2, 0.25) is 0 Å². The molecule has 2 heterocycles. The first-order valence-electron chi connectivity index (χ1n) is 26.3. The van der Waals surface area contributed by atoms with Crippen molar-refractivity contribution in [3.05, 3.63) is 192 Å². The number of aryl methyl sites for hydroxylation is 1. The summed E-state index contributed by atoms with van der Waals surface area (Å²) in [6, 6.07) is 55.9. The normalized spacial score (nSPS) is 13.0. The fourth-order valence-electron chi connectivity index (χ4n) is 10.1. The largest absolute Gasteiger partial charge is 0.507 e. The van der Waals surface area contributed by atoms with Gasteiger partial charge in [-0.25, -0.2) is 4.98 Å². The standard InChI is InChI=1S/C65H67N3O/c1-11-64(9,12-2)54-26-21-27-55(65(10,13-3)14-4)60(54)48-34-35-57(43(5)38-48)68-58-28-20-25-52(61(58)67-62(68)53-24-18-19-29-59(53)69)49-39-50(41-51(40-49)63(6,7)8)56-42-47(36-37-66-56)46-32-30-45(31-33-46)44-22-16-15-17-23-44/h15-42,69H,11-14H2,1-10H3/i5D3. The molecule has 0 unspecified atom stereocenters. The molecule has 0 aliphatic rings. The highest BCUT2D eigenvalue weighted by Gasteiger charge is 2.33. The number of hydrogen-bond acceptors (Lipinski definition) is 3. The first kappa shape index (κ1) is 43.3. The van der Waals surface area contributed by atoms with Gasteiger partial charge in [0.1, 0.15) is 11.6 Å². The van der Waals surface area contributed by atoms with Gasteiger partial charge in [-0.05, 0) is 165 Å². The molecular weight excluding hydrogens is 839 g/mol. The van der Waals surface area contributed by atoms with E-state index in [1.165, 1.54) is 22.3 Å². The highest BCUT2D eigenvalue weighted by Crippen LogP contribution is 2.47. The van der Waals surface area contributed by atoms with E-state index in [9.17, 15) is 9.22 Å². The van der Waals surface area contributed by atoms with Crippen LogP contribution in [-0.4, -0.2) is 19.6 Å². The Labute approximate surface area is 415 Å². The number of rotatable bonds is 13. The fraction of sp³-hybridized carbons (Fsp3) is 0.262. The van der Waals surface area contributed by atoms with Crippen molar-refractivity contribution in [2.75, 3.05) is 0 Å². The third kappa shape index (κ3) is 8.83. The Hall–Kier alpha value is -7.04. The first-order chi connectivity index (χ1) is 34.4. The van der Waals surface area contributed by atoms with Gasteiger partial charge in [-0.2, -0.15) is 0 Å². The number of phenolic OH excluding ortho intramolecular Hbond substituents is 1. The summed E-state index contributed by atoms with van der Waals surface area (Å²) in [5.74, 6) is 0.500. The second kappa shape index (κ2) is 18.8. The molecule has 0 atom stereocenters. The molecule has 4 heteroatoms. The maximum Gasteiger partial charge on any atom is 0.149 e. The van der Waals surface area contributed by atoms with Crippen LogP contribution < -0.4 is 0 Å². The average Bonchev–Trinajstić information content (AvgIpc) is 3.79. The Morgan fingerprint density at radius 3 is 1.74 bits per heavy atom. The molecule has 0 radical (unpaired) electrons. The number of para-hydroxylation sites is 2. The second-order valence-corrected chi connectivity index (χ2v) is 20.4. The summed E-state index contributed by atoms with van der Waals surface area (Å²) in [6.07, 6.45) is 5.66. The van der Waals surface area contributed by atoms with Gasteiger partial charge in [-0.1, -0.05) is 172 Å². The van der Waals surface area contributed by atoms with E-state index in [1.807, 2.05) is 53.2 Å². The predicted octanol–water partition coefficient (Wildman–Crippen LogP) is 17.9. The van der Waals surface area contributed by atoms with E-state index in [4.69, 9.17) is 9.97 Å². The summed E-state index contributed by atoms with van der Waals surface area (Å²) in [6.45, 7) is 17.8. The van der Waals surface area contributed by atoms with Gasteiger partial charge < -0.3 is 5.11 Å². The monoisotopic (exact) mass is 909 g/mol. The van der Waals surface area contributed by atoms with Crippen LogP contribution in [0.4, 0.5) is 0 Å². The minimum absolute atomic E-state index is 0.0516. The maximum atomic E-state index is 11.6. The molecule has 2 aromatic heterocycles. The zero-order valence-corrected chi connectivity index (χ0v) is 41.8. The minimum atomic E-state index is -2.51. The lowest BCUT2D eigenvalue weighted by atomic mass is 9.68. The molecule has 0 amide bonds. The third-order valence-electron chi connectivity index (χ3n) is 15.3. The smallest absolute Gasteiger partial charge is 0.149 e. The molecule has 0 bridgehead atoms. The summed E-state index contributed by atoms with van der Waals surface area (Å²) in [4.78, 5) is 10.4. The van der Waals surface area contributed by atoms with Crippen molar-refractivity contribution in [1.82, 2.24) is 14.5 Å². The average molecular weight is 909 g/mol. The second-order valence-electron chi connectivity index (χ2n) is 20.4. The van der Waals surface area contributed by atoms with E-state index >= 15 is 0 Å². The van der Waals surface area contributed by atoms with Crippen LogP contribution in [0.15, 0.2) is 170 Å². The van der Waals surface area contributed by atoms with Gasteiger partial charge in [-0.3, -0.25) is 9.55 Å². The van der Waals surface area contributed by atoms with Gasteiger partial charge in [-0.15, -0.1) is 0 Å². The Kier molecular flexibility index (Phi) is 11.8. The van der Waals surface area contributed by atoms with Crippen molar-refractivity contribution < 1.29 is 9.22 Å². The van der Waals surface area contributed by atoms with Crippen molar-refractivity contribution in [1.29, 1.82) is 0 Å². The number of phenols is 1. The van der Waals surface area contributed by atoms with Gasteiger partial charge in [0.25, 0.3) is 0 Å². The van der Waals surface area contributed by atoms with Crippen molar-refractivity contribution in [2.45, 2.75) is 111 Å². The Morgan fingerprint density at radius 2 is 1.10 bits per heavy atom. The third-order valence-corrected chi connectivity index (χ3v) is 15.3. The number of imidazole rings is 1. The summed E-state index contributed by atoms with van der Waals surface area (Å²) < 4.78 is 29.6. The molecular formula is C65H67N3O. The molecule has 0 saturated carbocycles. The Bertz CT molecular complexity index is 3370. The number of benzene rings is 7. The molecule has 0 aliphatic heterocycles. The van der Waals surface area contributed by atoms with Crippen molar-refractivity contribution in [3.63, 3.8) is 0 Å². The van der Waals surface area contributed by atoms with Crippen LogP contribution in [0.25, 0.3) is 83.9 Å². The molecule has 9 aromatic rings. The van der Waals surface area contributed by atoms with Crippen molar-refractivity contribution in [2.24, 2.45) is 0 Å². The number of pyridine rings is 1. The lowest BCUT2D eigenvalue weighted by Gasteiger charge is -2.36. The number of aromatic hydroxyl groups is 1. The van der Waals surface area contributed by atoms with Gasteiger partial charge in [0.2, 0.25) is 0 Å². The predicted molar refractivity (Wildman–Crippen MR) is 292 cm³/mol. The first-order valence-corrected chi connectivity index (χ1v) is 24.8. The van der Waals surface area contributed by atoms with E-state index in [0.717, 1.165) is 81.4 Å². The molecule has 69 heavy (non-hydrogen) atoms. The Balaban J connectivity index is 1.25. The molecule has 4 nitrogen and oxygen atoms in total. The van der Waals surface area contributed by atoms with Crippen LogP contribution in [0.3, 0.4) is 0 Å². The molecule has 0 saturated heterocycles. The van der Waals surface area contributed by atoms with Gasteiger partial charge in [0.05, 0.1) is 28.0 Å². The summed E-state index contributed by atoms with van der Waals surface area (Å²) in [7, 11) is 0. The molecule has 0 fully saturated rings. The van der Waals surface area contributed by atoms with E-state index < -0.39 is 6.85 Å². The zero-order chi connectivity index (χ0) is 51.2. The van der Waals surface area contributed by atoms with Gasteiger partial charge >= 0.3 is 0 Å². The lowest BCUT2D eigenvalue weighted by molar-refractivity contribution is 0.426. The topological polar surface area (TPSA) is 50.9 Å². The summed E-state index contributed by atoms with van der Waals surface area (Å²) >= 11 is 0. The van der Waals surface area contributed by atoms with Crippen molar-refractivity contribution in [3.8, 4) is 78.6 Å². The number of aromatic nitrogens is 3. The highest BCUT2D eigenvalue weighted by atomic mass is 16.3. The molecule has 9 rings (SSSR count). The van der Waals surface area contributed by atoms with Crippen LogP contribution in [-0.2, 0) is 16.2 Å². The molecule has 348 valence electrons. The van der Waals surface area contributed by atoms with E-state index in [1.54, 1.807) is 12.1 Å². The van der Waals surface area contributed by atoms with Gasteiger partial charge in [0, 0.05) is 21.4 Å². The van der Waals surface area contributed by atoms with E-state index in [-0.39, 0.29) is 27.6 Å². The fourth-order valence-corrected chi connectivity index (χ4v) is 10.1. The maximum absolute atomic E-state index is 11.6. The number of nitrogens with zero attached hydrogens (tertiary/aromatic N) is 3. The van der Waals surface area contributed by atoms with Crippen LogP contribution in [0.5, 0.6) is 5.75 Å². The van der Waals surface area contributed by atoms with Crippen LogP contribution in [0.1, 0.15) is 114 Å². The summed E-state index contributed by atoms with van der Waals surface area (Å²) in [5, 5.41) is 11.6. The minimum Gasteiger partial charge on any atom is -0.507 e. The number of hydrogen-bond donors (Lipinski definition) is 1. The Morgan fingerprint density at radius 1 is 0.522 bits per heavy atom. The van der Waals surface area contributed by atoms with Gasteiger partial charge in [0.15, 0.2) is 0 Å². The zero-order valence-electron chi connectivity index (χ0n) is 44.8. The van der Waals surface area contributed by atoms with E-state index in [2.05, 4.69) is 172 Å². The lowest BCUT2D eigenvalue weighted by Crippen LogP contribution is -2.25. The van der Waals surface area contributed by atoms with E-state index in [0.29, 0.717) is 22.6 Å². The molecule has 1 N–H and O–H groups in total. The quantitative estimate of drug-likeness (QED) is 0.125. The SMILES string of the molecule is [2H]C([2H])([2H])c1cc(-c2c(C(C)(CC)CC)cccc2C(C)(CC)CC)ccc1-n1c(-c2ccccc2O)nc2c(-c3cc(-c4cc(-c5ccc(-c6ccccc6)cc5)ccn4)cc(C(C)(C)C)c3)cccc21.